The molecule has 4 nitrogen and oxygen atoms in total. The number of anilines is 1. The van der Waals surface area contributed by atoms with E-state index in [0.29, 0.717) is 0 Å². The summed E-state index contributed by atoms with van der Waals surface area (Å²) in [5, 5.41) is 3.46. The fraction of sp³-hybridized carbons (Fsp3) is 0.500. The summed E-state index contributed by atoms with van der Waals surface area (Å²) in [6.45, 7) is 8.26. The molecule has 2 aliphatic heterocycles. The van der Waals surface area contributed by atoms with Gasteiger partial charge in [-0.1, -0.05) is 30.3 Å². The van der Waals surface area contributed by atoms with Gasteiger partial charge in [-0.2, -0.15) is 0 Å². The summed E-state index contributed by atoms with van der Waals surface area (Å²) < 4.78 is 0. The number of benzene rings is 1. The molecule has 5 heteroatoms. The number of thiophene rings is 1. The zero-order chi connectivity index (χ0) is 19.8. The highest BCUT2D eigenvalue weighted by Gasteiger charge is 2.31. The van der Waals surface area contributed by atoms with Crippen LogP contribution in [-0.4, -0.2) is 46.6 Å². The van der Waals surface area contributed by atoms with Crippen molar-refractivity contribution >= 4 is 27.4 Å². The molecule has 2 atom stereocenters. The molecule has 2 saturated heterocycles. The molecule has 0 spiro atoms. The minimum Gasteiger partial charge on any atom is -0.356 e. The Hall–Kier alpha value is -1.98. The molecule has 4 heterocycles. The molecular formula is C24H30N4S. The predicted molar refractivity (Wildman–Crippen MR) is 123 cm³/mol. The maximum atomic E-state index is 4.75. The maximum Gasteiger partial charge on any atom is 0.141 e. The number of hydrogen-bond donors (Lipinski definition) is 0. The van der Waals surface area contributed by atoms with Gasteiger partial charge < -0.3 is 4.90 Å². The second kappa shape index (κ2) is 8.04. The van der Waals surface area contributed by atoms with Gasteiger partial charge in [-0.25, -0.2) is 9.97 Å². The second-order valence-corrected chi connectivity index (χ2v) is 9.65. The zero-order valence-corrected chi connectivity index (χ0v) is 18.2. The van der Waals surface area contributed by atoms with Crippen LogP contribution in [0.2, 0.25) is 0 Å². The molecule has 0 aliphatic carbocycles. The van der Waals surface area contributed by atoms with Gasteiger partial charge in [-0.05, 0) is 51.0 Å². The van der Waals surface area contributed by atoms with E-state index < -0.39 is 0 Å². The highest BCUT2D eigenvalue weighted by atomic mass is 32.1. The van der Waals surface area contributed by atoms with E-state index in [0.717, 1.165) is 41.7 Å². The number of nitrogens with zero attached hydrogens (tertiary/aromatic N) is 4. The first-order valence-electron chi connectivity index (χ1n) is 11.0. The first-order valence-corrected chi connectivity index (χ1v) is 11.9. The van der Waals surface area contributed by atoms with Crippen LogP contribution in [-0.2, 0) is 0 Å². The van der Waals surface area contributed by atoms with E-state index in [4.69, 9.17) is 4.98 Å². The number of piperidine rings is 1. The lowest BCUT2D eigenvalue weighted by Gasteiger charge is -2.37. The quantitative estimate of drug-likeness (QED) is 0.577. The fourth-order valence-corrected chi connectivity index (χ4v) is 6.07. The number of rotatable bonds is 4. The Labute approximate surface area is 177 Å². The molecule has 2 aromatic heterocycles. The molecule has 0 amide bonds. The van der Waals surface area contributed by atoms with Gasteiger partial charge in [0.05, 0.1) is 5.39 Å². The van der Waals surface area contributed by atoms with Crippen molar-refractivity contribution in [3.8, 4) is 11.1 Å². The fourth-order valence-electron chi connectivity index (χ4n) is 5.16. The summed E-state index contributed by atoms with van der Waals surface area (Å²) in [6.07, 6.45) is 6.97. The minimum absolute atomic E-state index is 0.753. The third-order valence-corrected chi connectivity index (χ3v) is 7.84. The summed E-state index contributed by atoms with van der Waals surface area (Å²) in [5.74, 6) is 1.93. The van der Waals surface area contributed by atoms with E-state index in [-0.39, 0.29) is 0 Å². The van der Waals surface area contributed by atoms with E-state index in [9.17, 15) is 0 Å². The maximum absolute atomic E-state index is 4.75. The van der Waals surface area contributed by atoms with Crippen molar-refractivity contribution in [3.05, 3.63) is 42.0 Å². The standard InChI is InChI=1S/C24H30N4S/c1-17-8-9-18(2)28(17)14-19-10-12-27(13-11-19)23-22-21(20-6-4-3-5-7-20)15-29-24(22)26-16-25-23/h3-7,15-19H,8-14H2,1-2H3. The Bertz CT molecular complexity index is 951. The second-order valence-electron chi connectivity index (χ2n) is 8.80. The SMILES string of the molecule is CC1CCC(C)N1CC1CCN(c2ncnc3scc(-c4ccccc4)c23)CC1. The first kappa shape index (κ1) is 19.0. The average molecular weight is 407 g/mol. The van der Waals surface area contributed by atoms with E-state index in [1.54, 1.807) is 17.7 Å². The Morgan fingerprint density at radius 1 is 0.966 bits per heavy atom. The van der Waals surface area contributed by atoms with Crippen molar-refractivity contribution < 1.29 is 0 Å². The minimum atomic E-state index is 0.753. The third kappa shape index (κ3) is 3.66. The Morgan fingerprint density at radius 3 is 2.41 bits per heavy atom. The van der Waals surface area contributed by atoms with Crippen LogP contribution in [0.25, 0.3) is 21.3 Å². The molecule has 0 radical (unpaired) electrons. The molecule has 2 fully saturated rings. The van der Waals surface area contributed by atoms with Crippen molar-refractivity contribution in [2.75, 3.05) is 24.5 Å². The lowest BCUT2D eigenvalue weighted by atomic mass is 9.95. The van der Waals surface area contributed by atoms with Crippen LogP contribution in [0, 0.1) is 5.92 Å². The molecule has 0 saturated carbocycles. The average Bonchev–Trinajstić information content (AvgIpc) is 3.33. The molecule has 0 bridgehead atoms. The molecule has 2 unspecified atom stereocenters. The molecule has 2 aliphatic rings. The molecule has 29 heavy (non-hydrogen) atoms. The van der Waals surface area contributed by atoms with Crippen LogP contribution in [0.5, 0.6) is 0 Å². The predicted octanol–water partition coefficient (Wildman–Crippen LogP) is 5.45. The van der Waals surface area contributed by atoms with Crippen molar-refractivity contribution in [2.45, 2.75) is 51.6 Å². The summed E-state index contributed by atoms with van der Waals surface area (Å²) in [4.78, 5) is 15.6. The highest BCUT2D eigenvalue weighted by molar-refractivity contribution is 7.17. The van der Waals surface area contributed by atoms with E-state index in [1.165, 1.54) is 48.7 Å². The number of aromatic nitrogens is 2. The number of fused-ring (bicyclic) bond motifs is 1. The van der Waals surface area contributed by atoms with Crippen LogP contribution in [0.15, 0.2) is 42.0 Å². The molecule has 3 aromatic rings. The molecule has 5 rings (SSSR count). The zero-order valence-electron chi connectivity index (χ0n) is 17.4. The summed E-state index contributed by atoms with van der Waals surface area (Å²) in [5.41, 5.74) is 2.52. The van der Waals surface area contributed by atoms with Crippen LogP contribution >= 0.6 is 11.3 Å². The van der Waals surface area contributed by atoms with E-state index in [1.807, 2.05) is 0 Å². The van der Waals surface area contributed by atoms with Crippen molar-refractivity contribution in [2.24, 2.45) is 5.92 Å². The summed E-state index contributed by atoms with van der Waals surface area (Å²) >= 11 is 1.72. The van der Waals surface area contributed by atoms with Gasteiger partial charge in [0.25, 0.3) is 0 Å². The smallest absolute Gasteiger partial charge is 0.141 e. The van der Waals surface area contributed by atoms with Gasteiger partial charge >= 0.3 is 0 Å². The first-order chi connectivity index (χ1) is 14.2. The molecule has 152 valence electrons. The van der Waals surface area contributed by atoms with Crippen molar-refractivity contribution in [1.29, 1.82) is 0 Å². The monoisotopic (exact) mass is 406 g/mol. The van der Waals surface area contributed by atoms with Crippen LogP contribution in [0.3, 0.4) is 0 Å². The summed E-state index contributed by atoms with van der Waals surface area (Å²) in [7, 11) is 0. The lowest BCUT2D eigenvalue weighted by molar-refractivity contribution is 0.166. The van der Waals surface area contributed by atoms with Crippen LogP contribution in [0.1, 0.15) is 39.5 Å². The highest BCUT2D eigenvalue weighted by Crippen LogP contribution is 2.39. The topological polar surface area (TPSA) is 32.3 Å². The number of hydrogen-bond acceptors (Lipinski definition) is 5. The largest absolute Gasteiger partial charge is 0.356 e. The van der Waals surface area contributed by atoms with Gasteiger partial charge in [0.2, 0.25) is 0 Å². The van der Waals surface area contributed by atoms with Crippen molar-refractivity contribution in [1.82, 2.24) is 14.9 Å². The Kier molecular flexibility index (Phi) is 5.27. The van der Waals surface area contributed by atoms with Gasteiger partial charge in [-0.15, -0.1) is 11.3 Å². The molecule has 1 aromatic carbocycles. The normalized spacial score (nSPS) is 23.9. The van der Waals surface area contributed by atoms with Gasteiger partial charge in [-0.3, -0.25) is 4.90 Å². The van der Waals surface area contributed by atoms with E-state index >= 15 is 0 Å². The van der Waals surface area contributed by atoms with Crippen LogP contribution < -0.4 is 4.90 Å². The van der Waals surface area contributed by atoms with Crippen molar-refractivity contribution in [3.63, 3.8) is 0 Å². The summed E-state index contributed by atoms with van der Waals surface area (Å²) in [6, 6.07) is 12.2. The third-order valence-electron chi connectivity index (χ3n) is 6.95. The molecule has 0 N–H and O–H groups in total. The Balaban J connectivity index is 1.35. The molecular weight excluding hydrogens is 376 g/mol. The van der Waals surface area contributed by atoms with Gasteiger partial charge in [0, 0.05) is 42.7 Å². The van der Waals surface area contributed by atoms with Gasteiger partial charge in [0.15, 0.2) is 0 Å². The lowest BCUT2D eigenvalue weighted by Crippen LogP contribution is -2.42. The Morgan fingerprint density at radius 2 is 1.69 bits per heavy atom. The van der Waals surface area contributed by atoms with Gasteiger partial charge in [0.1, 0.15) is 17.0 Å². The van der Waals surface area contributed by atoms with Crippen LogP contribution in [0.4, 0.5) is 5.82 Å². The van der Waals surface area contributed by atoms with E-state index in [2.05, 4.69) is 64.3 Å². The number of likely N-dealkylation sites (tertiary alicyclic amines) is 1.